The number of hydrogen-bond acceptors (Lipinski definition) is 4. The van der Waals surface area contributed by atoms with Crippen molar-refractivity contribution in [2.24, 2.45) is 7.05 Å². The number of carbonyl (C=O) groups excluding carboxylic acids is 1. The predicted octanol–water partition coefficient (Wildman–Crippen LogP) is 0.672. The van der Waals surface area contributed by atoms with Crippen LogP contribution in [0.15, 0.2) is 30.6 Å². The average Bonchev–Trinajstić information content (AvgIpc) is 3.12. The van der Waals surface area contributed by atoms with E-state index in [0.29, 0.717) is 12.2 Å². The van der Waals surface area contributed by atoms with Gasteiger partial charge in [-0.25, -0.2) is 0 Å². The van der Waals surface area contributed by atoms with E-state index < -0.39 is 0 Å². The Morgan fingerprint density at radius 2 is 2.32 bits per heavy atom. The van der Waals surface area contributed by atoms with Crippen LogP contribution in [0.4, 0.5) is 0 Å². The summed E-state index contributed by atoms with van der Waals surface area (Å²) in [6.45, 7) is 0.597. The molecule has 98 valence electrons. The van der Waals surface area contributed by atoms with Crippen LogP contribution in [-0.2, 0) is 12.5 Å². The Kier molecular flexibility index (Phi) is 2.77. The highest BCUT2D eigenvalue weighted by atomic mass is 16.2. The lowest BCUT2D eigenvalue weighted by Gasteiger charge is -2.14. The van der Waals surface area contributed by atoms with Crippen LogP contribution in [0.3, 0.4) is 0 Å². The van der Waals surface area contributed by atoms with Crippen molar-refractivity contribution in [3.8, 4) is 0 Å². The Bertz CT molecular complexity index is 588. The summed E-state index contributed by atoms with van der Waals surface area (Å²) in [5.41, 5.74) is 1.41. The molecular formula is C13H15N5O. The van der Waals surface area contributed by atoms with Crippen molar-refractivity contribution in [1.29, 1.82) is 0 Å². The van der Waals surface area contributed by atoms with Crippen molar-refractivity contribution in [2.75, 3.05) is 6.54 Å². The number of carbonyl (C=O) groups is 1. The number of nitrogens with one attached hydrogen (secondary N) is 1. The number of hydrogen-bond donors (Lipinski definition) is 1. The van der Waals surface area contributed by atoms with Crippen LogP contribution < -0.4 is 5.32 Å². The van der Waals surface area contributed by atoms with Crippen molar-refractivity contribution in [2.45, 2.75) is 18.3 Å². The van der Waals surface area contributed by atoms with Gasteiger partial charge in [0.1, 0.15) is 0 Å². The van der Waals surface area contributed by atoms with Crippen molar-refractivity contribution >= 4 is 5.91 Å². The molecule has 6 heteroatoms. The van der Waals surface area contributed by atoms with Gasteiger partial charge < -0.3 is 5.32 Å². The molecule has 0 aromatic carbocycles. The van der Waals surface area contributed by atoms with E-state index in [9.17, 15) is 4.79 Å². The molecule has 1 aliphatic rings. The van der Waals surface area contributed by atoms with E-state index in [1.165, 1.54) is 4.68 Å². The van der Waals surface area contributed by atoms with Crippen LogP contribution in [-0.4, -0.2) is 32.4 Å². The van der Waals surface area contributed by atoms with Crippen LogP contribution in [0.25, 0.3) is 0 Å². The summed E-state index contributed by atoms with van der Waals surface area (Å²) in [5, 5.41) is 10.5. The molecule has 2 aromatic rings. The molecule has 0 radical (unpaired) electrons. The molecule has 1 fully saturated rings. The molecule has 0 unspecified atom stereocenters. The highest BCUT2D eigenvalue weighted by molar-refractivity contribution is 5.91. The number of amides is 1. The molecule has 1 aliphatic carbocycles. The number of aromatic nitrogens is 4. The zero-order valence-electron chi connectivity index (χ0n) is 10.7. The third-order valence-electron chi connectivity index (χ3n) is 3.48. The smallest absolute Gasteiger partial charge is 0.273 e. The Hall–Kier alpha value is -2.24. The van der Waals surface area contributed by atoms with Gasteiger partial charge in [0.05, 0.1) is 6.20 Å². The molecule has 0 aliphatic heterocycles. The maximum Gasteiger partial charge on any atom is 0.273 e. The van der Waals surface area contributed by atoms with Gasteiger partial charge in [-0.3, -0.25) is 14.5 Å². The first kappa shape index (κ1) is 11.8. The zero-order chi connectivity index (χ0) is 13.3. The molecular weight excluding hydrogens is 242 g/mol. The first-order valence-electron chi connectivity index (χ1n) is 6.26. The molecule has 0 atom stereocenters. The fraction of sp³-hybridized carbons (Fsp3) is 0.385. The fourth-order valence-electron chi connectivity index (χ4n) is 2.14. The maximum atomic E-state index is 11.9. The highest BCUT2D eigenvalue weighted by Crippen LogP contribution is 2.46. The van der Waals surface area contributed by atoms with Gasteiger partial charge in [-0.1, -0.05) is 11.3 Å². The van der Waals surface area contributed by atoms with Gasteiger partial charge in [-0.05, 0) is 25.0 Å². The standard InChI is InChI=1S/C13H15N5O/c1-18-8-10(16-17-18)12(19)15-9-13(5-6-13)11-4-2-3-7-14-11/h2-4,7-8H,5-6,9H2,1H3,(H,15,19). The van der Waals surface area contributed by atoms with Crippen LogP contribution in [0, 0.1) is 0 Å². The van der Waals surface area contributed by atoms with E-state index >= 15 is 0 Å². The quantitative estimate of drug-likeness (QED) is 0.873. The van der Waals surface area contributed by atoms with Gasteiger partial charge in [0.25, 0.3) is 5.91 Å². The molecule has 3 rings (SSSR count). The molecule has 1 N–H and O–H groups in total. The lowest BCUT2D eigenvalue weighted by molar-refractivity contribution is 0.0944. The monoisotopic (exact) mass is 257 g/mol. The average molecular weight is 257 g/mol. The molecule has 0 bridgehead atoms. The second kappa shape index (κ2) is 4.46. The minimum Gasteiger partial charge on any atom is -0.350 e. The van der Waals surface area contributed by atoms with Crippen LogP contribution >= 0.6 is 0 Å². The summed E-state index contributed by atoms with van der Waals surface area (Å²) in [4.78, 5) is 16.3. The summed E-state index contributed by atoms with van der Waals surface area (Å²) in [6, 6.07) is 5.89. The molecule has 6 nitrogen and oxygen atoms in total. The van der Waals surface area contributed by atoms with E-state index in [1.807, 2.05) is 18.2 Å². The van der Waals surface area contributed by atoms with E-state index in [1.54, 1.807) is 19.4 Å². The van der Waals surface area contributed by atoms with Gasteiger partial charge >= 0.3 is 0 Å². The van der Waals surface area contributed by atoms with Crippen LogP contribution in [0.5, 0.6) is 0 Å². The molecule has 0 saturated heterocycles. The Balaban J connectivity index is 1.65. The third kappa shape index (κ3) is 2.33. The summed E-state index contributed by atoms with van der Waals surface area (Å²) in [7, 11) is 1.74. The van der Waals surface area contributed by atoms with E-state index in [2.05, 4.69) is 20.6 Å². The van der Waals surface area contributed by atoms with E-state index in [0.717, 1.165) is 18.5 Å². The lowest BCUT2D eigenvalue weighted by atomic mass is 10.0. The summed E-state index contributed by atoms with van der Waals surface area (Å²) < 4.78 is 1.51. The normalized spacial score (nSPS) is 16.1. The third-order valence-corrected chi connectivity index (χ3v) is 3.48. The topological polar surface area (TPSA) is 72.7 Å². The summed E-state index contributed by atoms with van der Waals surface area (Å²) in [5.74, 6) is -0.185. The minimum atomic E-state index is -0.185. The Morgan fingerprint density at radius 3 is 2.89 bits per heavy atom. The second-order valence-electron chi connectivity index (χ2n) is 4.96. The Labute approximate surface area is 110 Å². The first-order valence-corrected chi connectivity index (χ1v) is 6.26. The van der Waals surface area contributed by atoms with E-state index in [-0.39, 0.29) is 11.3 Å². The predicted molar refractivity (Wildman–Crippen MR) is 68.5 cm³/mol. The summed E-state index contributed by atoms with van der Waals surface area (Å²) in [6.07, 6.45) is 5.52. The van der Waals surface area contributed by atoms with Crippen molar-refractivity contribution in [1.82, 2.24) is 25.3 Å². The fourth-order valence-corrected chi connectivity index (χ4v) is 2.14. The number of nitrogens with zero attached hydrogens (tertiary/aromatic N) is 4. The van der Waals surface area contributed by atoms with E-state index in [4.69, 9.17) is 0 Å². The van der Waals surface area contributed by atoms with Gasteiger partial charge in [-0.2, -0.15) is 0 Å². The molecule has 2 heterocycles. The van der Waals surface area contributed by atoms with Crippen LogP contribution in [0.2, 0.25) is 0 Å². The zero-order valence-corrected chi connectivity index (χ0v) is 10.7. The lowest BCUT2D eigenvalue weighted by Crippen LogP contribution is -2.32. The molecule has 1 amide bonds. The van der Waals surface area contributed by atoms with Gasteiger partial charge in [0.15, 0.2) is 5.69 Å². The van der Waals surface area contributed by atoms with Gasteiger partial charge in [0.2, 0.25) is 0 Å². The maximum absolute atomic E-state index is 11.9. The number of pyridine rings is 1. The summed E-state index contributed by atoms with van der Waals surface area (Å²) >= 11 is 0. The van der Waals surface area contributed by atoms with Crippen LogP contribution in [0.1, 0.15) is 29.0 Å². The van der Waals surface area contributed by atoms with Crippen molar-refractivity contribution in [3.05, 3.63) is 42.0 Å². The Morgan fingerprint density at radius 1 is 1.47 bits per heavy atom. The number of aryl methyl sites for hydroxylation is 1. The highest BCUT2D eigenvalue weighted by Gasteiger charge is 2.45. The minimum absolute atomic E-state index is 0.0130. The molecule has 0 spiro atoms. The molecule has 19 heavy (non-hydrogen) atoms. The largest absolute Gasteiger partial charge is 0.350 e. The SMILES string of the molecule is Cn1cc(C(=O)NCC2(c3ccccn3)CC2)nn1. The molecule has 1 saturated carbocycles. The molecule has 2 aromatic heterocycles. The first-order chi connectivity index (χ1) is 9.20. The van der Waals surface area contributed by atoms with Crippen molar-refractivity contribution in [3.63, 3.8) is 0 Å². The van der Waals surface area contributed by atoms with Gasteiger partial charge in [-0.15, -0.1) is 5.10 Å². The van der Waals surface area contributed by atoms with Crippen molar-refractivity contribution < 1.29 is 4.79 Å². The number of rotatable bonds is 4. The second-order valence-corrected chi connectivity index (χ2v) is 4.96. The van der Waals surface area contributed by atoms with Gasteiger partial charge in [0, 0.05) is 30.9 Å².